The van der Waals surface area contributed by atoms with Gasteiger partial charge in [-0.2, -0.15) is 0 Å². The van der Waals surface area contributed by atoms with Crippen molar-refractivity contribution < 1.29 is 4.79 Å². The Bertz CT molecular complexity index is 707. The first-order valence-electron chi connectivity index (χ1n) is 8.62. The van der Waals surface area contributed by atoms with Crippen LogP contribution in [0.4, 0.5) is 0 Å². The number of thiophene rings is 1. The highest BCUT2D eigenvalue weighted by atomic mass is 35.5. The highest BCUT2D eigenvalue weighted by Crippen LogP contribution is 2.35. The van der Waals surface area contributed by atoms with Crippen molar-refractivity contribution in [2.45, 2.75) is 39.7 Å². The maximum atomic E-state index is 12.8. The van der Waals surface area contributed by atoms with Crippen LogP contribution in [0.2, 0.25) is 0 Å². The van der Waals surface area contributed by atoms with Crippen LogP contribution in [0.1, 0.15) is 53.2 Å². The van der Waals surface area contributed by atoms with Crippen molar-refractivity contribution in [3.63, 3.8) is 0 Å². The molecule has 0 aliphatic carbocycles. The molecule has 0 radical (unpaired) electrons. The minimum absolute atomic E-state index is 0. The highest BCUT2D eigenvalue weighted by molar-refractivity contribution is 7.10. The van der Waals surface area contributed by atoms with Gasteiger partial charge in [0.05, 0.1) is 6.04 Å². The van der Waals surface area contributed by atoms with Crippen molar-refractivity contribution in [1.82, 2.24) is 10.6 Å². The van der Waals surface area contributed by atoms with Gasteiger partial charge in [0, 0.05) is 10.4 Å². The topological polar surface area (TPSA) is 41.1 Å². The zero-order valence-corrected chi connectivity index (χ0v) is 16.7. The molecule has 3 rings (SSSR count). The maximum Gasteiger partial charge on any atom is 0.251 e. The number of hydrogen-bond acceptors (Lipinski definition) is 3. The lowest BCUT2D eigenvalue weighted by atomic mass is 9.85. The van der Waals surface area contributed by atoms with Gasteiger partial charge < -0.3 is 10.6 Å². The second kappa shape index (κ2) is 8.35. The number of halogens is 1. The Morgan fingerprint density at radius 1 is 1.16 bits per heavy atom. The smallest absolute Gasteiger partial charge is 0.251 e. The first kappa shape index (κ1) is 20.0. The molecule has 1 aromatic heterocycles. The normalized spacial score (nSPS) is 15.5. The summed E-state index contributed by atoms with van der Waals surface area (Å²) in [5, 5.41) is 8.73. The Morgan fingerprint density at radius 2 is 1.88 bits per heavy atom. The monoisotopic (exact) mass is 378 g/mol. The van der Waals surface area contributed by atoms with Gasteiger partial charge in [-0.3, -0.25) is 4.79 Å². The lowest BCUT2D eigenvalue weighted by Crippen LogP contribution is -2.36. The maximum absolute atomic E-state index is 12.8. The lowest BCUT2D eigenvalue weighted by Gasteiger charge is -2.31. The summed E-state index contributed by atoms with van der Waals surface area (Å²) in [4.78, 5) is 14.1. The first-order valence-corrected chi connectivity index (χ1v) is 9.50. The van der Waals surface area contributed by atoms with Gasteiger partial charge in [0.25, 0.3) is 5.91 Å². The Kier molecular flexibility index (Phi) is 6.66. The number of amides is 1. The molecule has 136 valence electrons. The molecule has 1 amide bonds. The van der Waals surface area contributed by atoms with Crippen LogP contribution in [-0.2, 0) is 12.8 Å². The van der Waals surface area contributed by atoms with Crippen LogP contribution in [0.25, 0.3) is 0 Å². The molecule has 1 aliphatic heterocycles. The number of carbonyl (C=O) groups is 1. The van der Waals surface area contributed by atoms with E-state index < -0.39 is 0 Å². The van der Waals surface area contributed by atoms with Crippen molar-refractivity contribution >= 4 is 29.7 Å². The predicted molar refractivity (Wildman–Crippen MR) is 108 cm³/mol. The van der Waals surface area contributed by atoms with Gasteiger partial charge in [-0.05, 0) is 66.1 Å². The summed E-state index contributed by atoms with van der Waals surface area (Å²) >= 11 is 1.70. The number of carbonyl (C=O) groups excluding carboxylic acids is 1. The zero-order chi connectivity index (χ0) is 17.2. The van der Waals surface area contributed by atoms with E-state index in [4.69, 9.17) is 0 Å². The van der Waals surface area contributed by atoms with E-state index in [1.807, 2.05) is 12.1 Å². The average Bonchev–Trinajstić information content (AvgIpc) is 2.95. The van der Waals surface area contributed by atoms with Crippen molar-refractivity contribution in [1.29, 1.82) is 0 Å². The lowest BCUT2D eigenvalue weighted by molar-refractivity contribution is 0.0903. The van der Waals surface area contributed by atoms with Crippen LogP contribution in [-0.4, -0.2) is 19.0 Å². The fourth-order valence-electron chi connectivity index (χ4n) is 3.20. The molecule has 0 fully saturated rings. The van der Waals surface area contributed by atoms with Crippen LogP contribution in [0, 0.1) is 5.41 Å². The van der Waals surface area contributed by atoms with Crippen LogP contribution < -0.4 is 10.6 Å². The quantitative estimate of drug-likeness (QED) is 0.832. The van der Waals surface area contributed by atoms with E-state index in [-0.39, 0.29) is 29.8 Å². The largest absolute Gasteiger partial charge is 0.344 e. The van der Waals surface area contributed by atoms with Crippen molar-refractivity contribution in [3.05, 3.63) is 57.3 Å². The van der Waals surface area contributed by atoms with E-state index in [0.29, 0.717) is 0 Å². The van der Waals surface area contributed by atoms with Crippen LogP contribution >= 0.6 is 23.7 Å². The molecule has 1 aromatic carbocycles. The molecule has 5 heteroatoms. The van der Waals surface area contributed by atoms with Crippen molar-refractivity contribution in [2.75, 3.05) is 13.1 Å². The van der Waals surface area contributed by atoms with E-state index in [1.54, 1.807) is 11.3 Å². The fraction of sp³-hybridized carbons (Fsp3) is 0.450. The minimum atomic E-state index is -0.0316. The van der Waals surface area contributed by atoms with E-state index in [0.717, 1.165) is 31.5 Å². The zero-order valence-electron chi connectivity index (χ0n) is 15.1. The summed E-state index contributed by atoms with van der Waals surface area (Å²) in [6, 6.07) is 10.3. The number of benzene rings is 1. The molecule has 3 nitrogen and oxygen atoms in total. The second-order valence-electron chi connectivity index (χ2n) is 7.52. The van der Waals surface area contributed by atoms with Crippen LogP contribution in [0.3, 0.4) is 0 Å². The molecule has 2 N–H and O–H groups in total. The Hall–Kier alpha value is -1.36. The number of rotatable bonds is 3. The van der Waals surface area contributed by atoms with Gasteiger partial charge in [-0.1, -0.05) is 32.9 Å². The number of nitrogens with one attached hydrogen (secondary N) is 2. The predicted octanol–water partition coefficient (Wildman–Crippen LogP) is 4.38. The second-order valence-corrected chi connectivity index (χ2v) is 8.50. The molecule has 0 saturated heterocycles. The Balaban J connectivity index is 0.00000225. The molecular weight excluding hydrogens is 352 g/mol. The van der Waals surface area contributed by atoms with Gasteiger partial charge in [0.15, 0.2) is 0 Å². The highest BCUT2D eigenvalue weighted by Gasteiger charge is 2.29. The minimum Gasteiger partial charge on any atom is -0.344 e. The van der Waals surface area contributed by atoms with Gasteiger partial charge >= 0.3 is 0 Å². The summed E-state index contributed by atoms with van der Waals surface area (Å²) < 4.78 is 0. The third-order valence-electron chi connectivity index (χ3n) is 4.58. The number of hydrogen-bond donors (Lipinski definition) is 2. The molecule has 2 heterocycles. The van der Waals surface area contributed by atoms with Crippen molar-refractivity contribution in [2.24, 2.45) is 5.41 Å². The summed E-state index contributed by atoms with van der Waals surface area (Å²) in [5.41, 5.74) is 3.40. The number of fused-ring (bicyclic) bond motifs is 1. The summed E-state index contributed by atoms with van der Waals surface area (Å²) in [7, 11) is 0. The van der Waals surface area contributed by atoms with Gasteiger partial charge in [0.1, 0.15) is 0 Å². The first-order chi connectivity index (χ1) is 11.4. The third-order valence-corrected chi connectivity index (χ3v) is 5.52. The molecule has 25 heavy (non-hydrogen) atoms. The van der Waals surface area contributed by atoms with E-state index in [2.05, 4.69) is 55.0 Å². The van der Waals surface area contributed by atoms with Crippen LogP contribution in [0.15, 0.2) is 35.7 Å². The summed E-state index contributed by atoms with van der Waals surface area (Å²) in [5.74, 6) is 0.0170. The molecule has 1 atom stereocenters. The Labute approximate surface area is 160 Å². The molecule has 1 unspecified atom stereocenters. The summed E-state index contributed by atoms with van der Waals surface area (Å²) in [6.45, 7) is 8.50. The molecule has 0 saturated carbocycles. The standard InChI is InChI=1S/C20H26N2OS.ClH/c1-20(2,3)18(17-5-4-12-24-17)22-19(23)16-7-6-14-8-10-21-11-9-15(14)13-16;/h4-7,12-13,18,21H,8-11H2,1-3H3,(H,22,23);1H. The van der Waals surface area contributed by atoms with Gasteiger partial charge in [-0.15, -0.1) is 23.7 Å². The molecule has 0 spiro atoms. The molecule has 2 aromatic rings. The molecular formula is C20H27ClN2OS. The Morgan fingerprint density at radius 3 is 2.52 bits per heavy atom. The van der Waals surface area contributed by atoms with Gasteiger partial charge in [-0.25, -0.2) is 0 Å². The van der Waals surface area contributed by atoms with E-state index in [1.165, 1.54) is 16.0 Å². The van der Waals surface area contributed by atoms with E-state index >= 15 is 0 Å². The van der Waals surface area contributed by atoms with E-state index in [9.17, 15) is 4.79 Å². The average molecular weight is 379 g/mol. The fourth-order valence-corrected chi connectivity index (χ4v) is 4.22. The third kappa shape index (κ3) is 4.84. The SMILES string of the molecule is CC(C)(C)C(NC(=O)c1ccc2c(c1)CCNCC2)c1cccs1.Cl. The summed E-state index contributed by atoms with van der Waals surface area (Å²) in [6.07, 6.45) is 2.03. The van der Waals surface area contributed by atoms with Gasteiger partial charge in [0.2, 0.25) is 0 Å². The van der Waals surface area contributed by atoms with Crippen LogP contribution in [0.5, 0.6) is 0 Å². The molecule has 0 bridgehead atoms. The van der Waals surface area contributed by atoms with Crippen molar-refractivity contribution in [3.8, 4) is 0 Å². The molecule has 1 aliphatic rings.